The van der Waals surface area contributed by atoms with E-state index in [1.54, 1.807) is 0 Å². The number of Topliss-reactive ketones (excluding diaryl/α,β-unsaturated/α-hetero) is 1. The SMILES string of the molecule is O=CC(F)C(F)(F)C(=O)c1ccc(C(F)(F)F)cc1. The average molecular weight is 284 g/mol. The van der Waals surface area contributed by atoms with Crippen molar-refractivity contribution in [2.24, 2.45) is 0 Å². The minimum Gasteiger partial charge on any atom is -0.300 e. The van der Waals surface area contributed by atoms with Gasteiger partial charge in [0.05, 0.1) is 5.56 Å². The molecule has 0 aliphatic carbocycles. The van der Waals surface area contributed by atoms with E-state index in [1.807, 2.05) is 0 Å². The summed E-state index contributed by atoms with van der Waals surface area (Å²) in [5.74, 6) is -6.66. The van der Waals surface area contributed by atoms with Crippen LogP contribution in [-0.2, 0) is 11.0 Å². The van der Waals surface area contributed by atoms with E-state index in [4.69, 9.17) is 0 Å². The van der Waals surface area contributed by atoms with Gasteiger partial charge in [0.1, 0.15) is 0 Å². The van der Waals surface area contributed by atoms with Gasteiger partial charge in [-0.25, -0.2) is 4.39 Å². The van der Waals surface area contributed by atoms with E-state index >= 15 is 0 Å². The summed E-state index contributed by atoms with van der Waals surface area (Å²) in [5, 5.41) is 0. The second-order valence-electron chi connectivity index (χ2n) is 3.57. The maximum absolute atomic E-state index is 13.1. The van der Waals surface area contributed by atoms with Crippen LogP contribution in [0, 0.1) is 0 Å². The number of halogens is 6. The van der Waals surface area contributed by atoms with Gasteiger partial charge in [-0.3, -0.25) is 9.59 Å². The molecule has 0 aliphatic heterocycles. The predicted octanol–water partition coefficient (Wildman–Crippen LogP) is 3.06. The van der Waals surface area contributed by atoms with Crippen LogP contribution in [0.15, 0.2) is 24.3 Å². The van der Waals surface area contributed by atoms with Crippen LogP contribution >= 0.6 is 0 Å². The summed E-state index contributed by atoms with van der Waals surface area (Å²) < 4.78 is 75.3. The highest BCUT2D eigenvalue weighted by molar-refractivity contribution is 6.03. The van der Waals surface area contributed by atoms with Crippen molar-refractivity contribution in [1.29, 1.82) is 0 Å². The van der Waals surface area contributed by atoms with Gasteiger partial charge >= 0.3 is 12.1 Å². The zero-order valence-corrected chi connectivity index (χ0v) is 9.05. The summed E-state index contributed by atoms with van der Waals surface area (Å²) in [4.78, 5) is 21.1. The molecule has 19 heavy (non-hydrogen) atoms. The second-order valence-corrected chi connectivity index (χ2v) is 3.57. The Kier molecular flexibility index (Phi) is 4.02. The Morgan fingerprint density at radius 1 is 1.05 bits per heavy atom. The lowest BCUT2D eigenvalue weighted by molar-refractivity contribution is -0.137. The molecule has 8 heteroatoms. The van der Waals surface area contributed by atoms with Crippen molar-refractivity contribution in [1.82, 2.24) is 0 Å². The first-order valence-corrected chi connectivity index (χ1v) is 4.80. The third-order valence-corrected chi connectivity index (χ3v) is 2.24. The summed E-state index contributed by atoms with van der Waals surface area (Å²) in [6.45, 7) is 0. The van der Waals surface area contributed by atoms with E-state index in [-0.39, 0.29) is 0 Å². The van der Waals surface area contributed by atoms with Crippen molar-refractivity contribution in [2.75, 3.05) is 0 Å². The fourth-order valence-corrected chi connectivity index (χ4v) is 1.21. The molecule has 0 heterocycles. The Balaban J connectivity index is 3.05. The largest absolute Gasteiger partial charge is 0.416 e. The van der Waals surface area contributed by atoms with Crippen molar-refractivity contribution in [3.63, 3.8) is 0 Å². The highest BCUT2D eigenvalue weighted by atomic mass is 19.4. The van der Waals surface area contributed by atoms with Crippen LogP contribution in [0.2, 0.25) is 0 Å². The Morgan fingerprint density at radius 2 is 1.53 bits per heavy atom. The smallest absolute Gasteiger partial charge is 0.300 e. The molecule has 0 N–H and O–H groups in total. The molecule has 0 aromatic heterocycles. The number of aldehydes is 1. The maximum Gasteiger partial charge on any atom is 0.416 e. The number of benzene rings is 1. The maximum atomic E-state index is 13.1. The third kappa shape index (κ3) is 3.12. The van der Waals surface area contributed by atoms with E-state index in [9.17, 15) is 35.9 Å². The van der Waals surface area contributed by atoms with E-state index in [0.717, 1.165) is 0 Å². The topological polar surface area (TPSA) is 34.1 Å². The molecule has 1 rings (SSSR count). The number of carbonyl (C=O) groups excluding carboxylic acids is 2. The lowest BCUT2D eigenvalue weighted by atomic mass is 10.0. The predicted molar refractivity (Wildman–Crippen MR) is 51.7 cm³/mol. The van der Waals surface area contributed by atoms with Gasteiger partial charge in [0.2, 0.25) is 12.0 Å². The van der Waals surface area contributed by atoms with Crippen molar-refractivity contribution >= 4 is 12.1 Å². The second kappa shape index (κ2) is 5.02. The molecule has 1 aromatic carbocycles. The van der Waals surface area contributed by atoms with Gasteiger partial charge in [0, 0.05) is 5.56 Å². The number of rotatable bonds is 4. The van der Waals surface area contributed by atoms with Crippen LogP contribution in [0.4, 0.5) is 26.3 Å². The normalized spacial score (nSPS) is 14.0. The molecule has 0 saturated carbocycles. The van der Waals surface area contributed by atoms with Crippen LogP contribution in [0.3, 0.4) is 0 Å². The standard InChI is InChI=1S/C11H6F6O2/c12-8(5-18)10(13,14)9(19)6-1-3-7(4-2-6)11(15,16)17/h1-5,8H. The van der Waals surface area contributed by atoms with Gasteiger partial charge in [-0.2, -0.15) is 22.0 Å². The van der Waals surface area contributed by atoms with Crippen molar-refractivity contribution in [2.45, 2.75) is 18.3 Å². The molecule has 2 nitrogen and oxygen atoms in total. The summed E-state index contributed by atoms with van der Waals surface area (Å²) in [7, 11) is 0. The highest BCUT2D eigenvalue weighted by Crippen LogP contribution is 2.31. The van der Waals surface area contributed by atoms with Crippen LogP contribution < -0.4 is 0 Å². The lowest BCUT2D eigenvalue weighted by Crippen LogP contribution is -2.39. The first-order chi connectivity index (χ1) is 8.60. The molecule has 1 aromatic rings. The van der Waals surface area contributed by atoms with Gasteiger partial charge in [0.25, 0.3) is 0 Å². The van der Waals surface area contributed by atoms with E-state index in [1.165, 1.54) is 0 Å². The van der Waals surface area contributed by atoms with Crippen molar-refractivity contribution < 1.29 is 35.9 Å². The Hall–Kier alpha value is -1.86. The number of ketones is 1. The molecular weight excluding hydrogens is 278 g/mol. The van der Waals surface area contributed by atoms with E-state index in [0.29, 0.717) is 24.3 Å². The molecule has 0 aliphatic rings. The Bertz CT molecular complexity index is 477. The van der Waals surface area contributed by atoms with Crippen LogP contribution in [0.25, 0.3) is 0 Å². The fourth-order valence-electron chi connectivity index (χ4n) is 1.21. The quantitative estimate of drug-likeness (QED) is 0.484. The Morgan fingerprint density at radius 3 is 1.89 bits per heavy atom. The first kappa shape index (κ1) is 15.2. The molecule has 0 spiro atoms. The molecule has 0 saturated heterocycles. The molecule has 104 valence electrons. The van der Waals surface area contributed by atoms with Gasteiger partial charge in [-0.15, -0.1) is 0 Å². The summed E-state index contributed by atoms with van der Waals surface area (Å²) >= 11 is 0. The Labute approximate surface area is 103 Å². The number of hydrogen-bond acceptors (Lipinski definition) is 2. The minimum absolute atomic E-state index is 0.414. The van der Waals surface area contributed by atoms with Crippen LogP contribution in [0.1, 0.15) is 15.9 Å². The molecule has 0 fully saturated rings. The highest BCUT2D eigenvalue weighted by Gasteiger charge is 2.48. The molecular formula is C11H6F6O2. The zero-order chi connectivity index (χ0) is 14.8. The van der Waals surface area contributed by atoms with Gasteiger partial charge < -0.3 is 0 Å². The zero-order valence-electron chi connectivity index (χ0n) is 9.05. The average Bonchev–Trinajstić information content (AvgIpc) is 2.35. The summed E-state index contributed by atoms with van der Waals surface area (Å²) in [6, 6.07) is 1.82. The number of hydrogen-bond donors (Lipinski definition) is 0. The molecule has 1 unspecified atom stereocenters. The van der Waals surface area contributed by atoms with E-state index in [2.05, 4.69) is 0 Å². The molecule has 0 bridgehead atoms. The molecule has 1 atom stereocenters. The van der Waals surface area contributed by atoms with Gasteiger partial charge in [-0.05, 0) is 12.1 Å². The molecule has 0 radical (unpaired) electrons. The van der Waals surface area contributed by atoms with Crippen LogP contribution in [0.5, 0.6) is 0 Å². The summed E-state index contributed by atoms with van der Waals surface area (Å²) in [6.07, 6.45) is -8.78. The van der Waals surface area contributed by atoms with Gasteiger partial charge in [0.15, 0.2) is 6.29 Å². The minimum atomic E-state index is -4.69. The summed E-state index contributed by atoms with van der Waals surface area (Å²) in [5.41, 5.74) is -1.96. The fraction of sp³-hybridized carbons (Fsp3) is 0.273. The monoisotopic (exact) mass is 284 g/mol. The first-order valence-electron chi connectivity index (χ1n) is 4.80. The van der Waals surface area contributed by atoms with Crippen molar-refractivity contribution in [3.8, 4) is 0 Å². The lowest BCUT2D eigenvalue weighted by Gasteiger charge is -2.15. The number of carbonyl (C=O) groups is 2. The van der Waals surface area contributed by atoms with Crippen LogP contribution in [-0.4, -0.2) is 24.2 Å². The molecule has 0 amide bonds. The van der Waals surface area contributed by atoms with E-state index < -0.39 is 41.5 Å². The third-order valence-electron chi connectivity index (χ3n) is 2.24. The number of alkyl halides is 6. The van der Waals surface area contributed by atoms with Gasteiger partial charge in [-0.1, -0.05) is 12.1 Å². The van der Waals surface area contributed by atoms with Crippen molar-refractivity contribution in [3.05, 3.63) is 35.4 Å².